The van der Waals surface area contributed by atoms with E-state index in [0.717, 1.165) is 24.9 Å². The second-order valence-electron chi connectivity index (χ2n) is 6.39. The van der Waals surface area contributed by atoms with Gasteiger partial charge in [-0.3, -0.25) is 9.69 Å². The first kappa shape index (κ1) is 16.4. The number of benzene rings is 1. The molecule has 1 saturated heterocycles. The maximum Gasteiger partial charge on any atom is 0.251 e. The molecular formula is C16H23N3O3S. The number of piperazine rings is 1. The van der Waals surface area contributed by atoms with Crippen LogP contribution in [0, 0.1) is 0 Å². The van der Waals surface area contributed by atoms with Crippen molar-refractivity contribution in [1.29, 1.82) is 0 Å². The number of nitrogens with zero attached hydrogens (tertiary/aromatic N) is 2. The minimum Gasteiger partial charge on any atom is -0.349 e. The average molecular weight is 337 g/mol. The van der Waals surface area contributed by atoms with Gasteiger partial charge in [0.15, 0.2) is 0 Å². The van der Waals surface area contributed by atoms with Crippen molar-refractivity contribution in [1.82, 2.24) is 14.5 Å². The first-order chi connectivity index (χ1) is 10.9. The lowest BCUT2D eigenvalue weighted by atomic mass is 10.1. The third kappa shape index (κ3) is 4.53. The second-order valence-corrected chi connectivity index (χ2v) is 8.37. The third-order valence-electron chi connectivity index (χ3n) is 4.31. The summed E-state index contributed by atoms with van der Waals surface area (Å²) in [7, 11) is -3.09. The molecule has 1 saturated carbocycles. The van der Waals surface area contributed by atoms with E-state index in [-0.39, 0.29) is 5.91 Å². The van der Waals surface area contributed by atoms with E-state index in [1.54, 1.807) is 0 Å². The summed E-state index contributed by atoms with van der Waals surface area (Å²) in [4.78, 5) is 14.3. The summed E-state index contributed by atoms with van der Waals surface area (Å²) >= 11 is 0. The zero-order chi connectivity index (χ0) is 16.4. The molecule has 7 heteroatoms. The number of carbonyl (C=O) groups is 1. The van der Waals surface area contributed by atoms with Crippen LogP contribution in [0.3, 0.4) is 0 Å². The Balaban J connectivity index is 1.57. The van der Waals surface area contributed by atoms with Crippen molar-refractivity contribution in [2.24, 2.45) is 0 Å². The molecule has 0 unspecified atom stereocenters. The van der Waals surface area contributed by atoms with E-state index in [4.69, 9.17) is 0 Å². The van der Waals surface area contributed by atoms with Gasteiger partial charge in [0, 0.05) is 44.3 Å². The molecule has 2 fully saturated rings. The molecule has 0 spiro atoms. The van der Waals surface area contributed by atoms with Crippen molar-refractivity contribution in [2.75, 3.05) is 32.4 Å². The minimum absolute atomic E-state index is 0.00348. The maximum atomic E-state index is 12.1. The van der Waals surface area contributed by atoms with Crippen LogP contribution in [0.25, 0.3) is 0 Å². The molecule has 1 heterocycles. The van der Waals surface area contributed by atoms with Gasteiger partial charge in [-0.05, 0) is 30.5 Å². The average Bonchev–Trinajstić information content (AvgIpc) is 3.31. The topological polar surface area (TPSA) is 69.7 Å². The number of carbonyl (C=O) groups excluding carboxylic acids is 1. The first-order valence-electron chi connectivity index (χ1n) is 7.99. The zero-order valence-electron chi connectivity index (χ0n) is 13.4. The van der Waals surface area contributed by atoms with Crippen LogP contribution < -0.4 is 5.32 Å². The monoisotopic (exact) mass is 337 g/mol. The molecule has 6 nitrogen and oxygen atoms in total. The summed E-state index contributed by atoms with van der Waals surface area (Å²) in [6.45, 7) is 3.22. The Kier molecular flexibility index (Phi) is 4.70. The summed E-state index contributed by atoms with van der Waals surface area (Å²) in [5, 5.41) is 3.00. The Labute approximate surface area is 137 Å². The van der Waals surface area contributed by atoms with Crippen LogP contribution in [0.15, 0.2) is 24.3 Å². The van der Waals surface area contributed by atoms with Crippen LogP contribution in [-0.2, 0) is 16.6 Å². The molecule has 0 atom stereocenters. The van der Waals surface area contributed by atoms with E-state index < -0.39 is 10.0 Å². The number of rotatable bonds is 5. The summed E-state index contributed by atoms with van der Waals surface area (Å²) in [6.07, 6.45) is 3.41. The van der Waals surface area contributed by atoms with E-state index in [2.05, 4.69) is 10.2 Å². The zero-order valence-corrected chi connectivity index (χ0v) is 14.2. The van der Waals surface area contributed by atoms with Crippen molar-refractivity contribution in [2.45, 2.75) is 25.4 Å². The molecule has 1 N–H and O–H groups in total. The fourth-order valence-corrected chi connectivity index (χ4v) is 3.61. The smallest absolute Gasteiger partial charge is 0.251 e. The largest absolute Gasteiger partial charge is 0.349 e. The van der Waals surface area contributed by atoms with Crippen molar-refractivity contribution < 1.29 is 13.2 Å². The van der Waals surface area contributed by atoms with Crippen molar-refractivity contribution in [3.05, 3.63) is 35.4 Å². The lowest BCUT2D eigenvalue weighted by Gasteiger charge is -2.33. The number of hydrogen-bond acceptors (Lipinski definition) is 4. The molecule has 1 amide bonds. The van der Waals surface area contributed by atoms with E-state index in [1.165, 1.54) is 10.6 Å². The molecule has 23 heavy (non-hydrogen) atoms. The first-order valence-corrected chi connectivity index (χ1v) is 9.84. The number of hydrogen-bond donors (Lipinski definition) is 1. The predicted molar refractivity (Wildman–Crippen MR) is 88.6 cm³/mol. The highest BCUT2D eigenvalue weighted by Crippen LogP contribution is 2.19. The Morgan fingerprint density at radius 3 is 2.52 bits per heavy atom. The molecular weight excluding hydrogens is 314 g/mol. The van der Waals surface area contributed by atoms with Gasteiger partial charge in [0.1, 0.15) is 0 Å². The van der Waals surface area contributed by atoms with Crippen LogP contribution in [0.4, 0.5) is 0 Å². The van der Waals surface area contributed by atoms with Gasteiger partial charge < -0.3 is 5.32 Å². The summed E-state index contributed by atoms with van der Waals surface area (Å²) in [6, 6.07) is 8.04. The van der Waals surface area contributed by atoms with Crippen molar-refractivity contribution >= 4 is 15.9 Å². The number of sulfonamides is 1. The molecule has 0 radical (unpaired) electrons. The second kappa shape index (κ2) is 6.59. The van der Waals surface area contributed by atoms with Gasteiger partial charge in [0.2, 0.25) is 10.0 Å². The third-order valence-corrected chi connectivity index (χ3v) is 5.61. The van der Waals surface area contributed by atoms with Gasteiger partial charge in [0.25, 0.3) is 5.91 Å². The molecule has 1 aromatic rings. The molecule has 0 aromatic heterocycles. The lowest BCUT2D eigenvalue weighted by Crippen LogP contribution is -2.47. The Bertz CT molecular complexity index is 678. The normalized spacial score (nSPS) is 20.4. The summed E-state index contributed by atoms with van der Waals surface area (Å²) in [5.74, 6) is -0.00348. The van der Waals surface area contributed by atoms with Crippen molar-refractivity contribution in [3.63, 3.8) is 0 Å². The highest BCUT2D eigenvalue weighted by Gasteiger charge is 2.25. The van der Waals surface area contributed by atoms with E-state index in [0.29, 0.717) is 37.8 Å². The predicted octanol–water partition coefficient (Wildman–Crippen LogP) is 0.656. The molecule has 3 rings (SSSR count). The molecule has 2 aliphatic rings. The van der Waals surface area contributed by atoms with Gasteiger partial charge in [-0.25, -0.2) is 8.42 Å². The van der Waals surface area contributed by atoms with Gasteiger partial charge in [-0.15, -0.1) is 0 Å². The van der Waals surface area contributed by atoms with Crippen molar-refractivity contribution in [3.8, 4) is 0 Å². The highest BCUT2D eigenvalue weighted by molar-refractivity contribution is 7.88. The van der Waals surface area contributed by atoms with Crippen LogP contribution in [0.5, 0.6) is 0 Å². The SMILES string of the molecule is CS(=O)(=O)N1CCN(Cc2cccc(C(=O)NC3CC3)c2)CC1. The molecule has 126 valence electrons. The Morgan fingerprint density at radius 1 is 1.22 bits per heavy atom. The van der Waals surface area contributed by atoms with Gasteiger partial charge in [-0.1, -0.05) is 12.1 Å². The number of amides is 1. The van der Waals surface area contributed by atoms with Gasteiger partial charge in [0.05, 0.1) is 6.26 Å². The van der Waals surface area contributed by atoms with Crippen LogP contribution in [0.2, 0.25) is 0 Å². The molecule has 1 aliphatic heterocycles. The highest BCUT2D eigenvalue weighted by atomic mass is 32.2. The summed E-state index contributed by atoms with van der Waals surface area (Å²) in [5.41, 5.74) is 1.78. The van der Waals surface area contributed by atoms with Crippen LogP contribution >= 0.6 is 0 Å². The minimum atomic E-state index is -3.09. The molecule has 0 bridgehead atoms. The molecule has 1 aliphatic carbocycles. The van der Waals surface area contributed by atoms with Gasteiger partial charge >= 0.3 is 0 Å². The van der Waals surface area contributed by atoms with Crippen LogP contribution in [-0.4, -0.2) is 62.0 Å². The van der Waals surface area contributed by atoms with E-state index in [1.807, 2.05) is 24.3 Å². The molecule has 1 aromatic carbocycles. The maximum absolute atomic E-state index is 12.1. The Hall–Kier alpha value is -1.44. The number of nitrogens with one attached hydrogen (secondary N) is 1. The van der Waals surface area contributed by atoms with E-state index >= 15 is 0 Å². The quantitative estimate of drug-likeness (QED) is 0.857. The van der Waals surface area contributed by atoms with E-state index in [9.17, 15) is 13.2 Å². The van der Waals surface area contributed by atoms with Crippen LogP contribution in [0.1, 0.15) is 28.8 Å². The summed E-state index contributed by atoms with van der Waals surface area (Å²) < 4.78 is 24.6. The Morgan fingerprint density at radius 2 is 1.91 bits per heavy atom. The fraction of sp³-hybridized carbons (Fsp3) is 0.562. The van der Waals surface area contributed by atoms with Gasteiger partial charge in [-0.2, -0.15) is 4.31 Å². The standard InChI is InChI=1S/C16H23N3O3S/c1-23(21,22)19-9-7-18(8-10-19)12-13-3-2-4-14(11-13)16(20)17-15-5-6-15/h2-4,11,15H,5-10,12H2,1H3,(H,17,20). The lowest BCUT2D eigenvalue weighted by molar-refractivity contribution is 0.0950. The fourth-order valence-electron chi connectivity index (χ4n) is 2.78.